The number of nitrogens with zero attached hydrogens (tertiary/aromatic N) is 5. The molecule has 2 aromatic carbocycles. The first kappa shape index (κ1) is 18.5. The Morgan fingerprint density at radius 1 is 0.867 bits per heavy atom. The summed E-state index contributed by atoms with van der Waals surface area (Å²) < 4.78 is 34.8. The number of anilines is 1. The van der Waals surface area contributed by atoms with E-state index in [-0.39, 0.29) is 17.7 Å². The molecule has 1 aliphatic heterocycles. The second-order valence-electron chi connectivity index (χ2n) is 7.22. The molecule has 152 valence electrons. The quantitative estimate of drug-likeness (QED) is 0.510. The van der Waals surface area contributed by atoms with E-state index in [0.29, 0.717) is 22.8 Å². The number of hydrogen-bond acceptors (Lipinski definition) is 5. The summed E-state index contributed by atoms with van der Waals surface area (Å²) in [6.07, 6.45) is 1.71. The van der Waals surface area contributed by atoms with Crippen LogP contribution in [-0.4, -0.2) is 39.0 Å². The lowest BCUT2D eigenvalue weighted by Crippen LogP contribution is -2.38. The normalized spacial score (nSPS) is 14.9. The summed E-state index contributed by atoms with van der Waals surface area (Å²) in [7, 11) is 0. The van der Waals surface area contributed by atoms with Crippen molar-refractivity contribution in [1.29, 1.82) is 0 Å². The Hall–Kier alpha value is -3.55. The van der Waals surface area contributed by atoms with Gasteiger partial charge < -0.3 is 9.64 Å². The van der Waals surface area contributed by atoms with Crippen molar-refractivity contribution >= 4 is 11.5 Å². The van der Waals surface area contributed by atoms with E-state index < -0.39 is 0 Å². The molecular formula is C22H19F2N5O. The molecule has 1 fully saturated rings. The van der Waals surface area contributed by atoms with Gasteiger partial charge in [0.15, 0.2) is 11.5 Å². The van der Waals surface area contributed by atoms with E-state index in [1.807, 2.05) is 12.1 Å². The lowest BCUT2D eigenvalue weighted by Gasteiger charge is -2.32. The Morgan fingerprint density at radius 2 is 1.63 bits per heavy atom. The largest absolute Gasteiger partial charge is 0.490 e. The molecule has 0 N–H and O–H groups in total. The Kier molecular flexibility index (Phi) is 4.74. The highest BCUT2D eigenvalue weighted by atomic mass is 19.1. The van der Waals surface area contributed by atoms with E-state index in [9.17, 15) is 8.78 Å². The molecule has 0 aliphatic carbocycles. The van der Waals surface area contributed by atoms with E-state index in [0.717, 1.165) is 31.7 Å². The van der Waals surface area contributed by atoms with Crippen LogP contribution in [0.15, 0.2) is 60.7 Å². The average Bonchev–Trinajstić information content (AvgIpc) is 3.19. The van der Waals surface area contributed by atoms with Gasteiger partial charge in [-0.3, -0.25) is 0 Å². The van der Waals surface area contributed by atoms with Gasteiger partial charge in [0.2, 0.25) is 0 Å². The first-order valence-electron chi connectivity index (χ1n) is 9.82. The zero-order valence-electron chi connectivity index (χ0n) is 16.1. The van der Waals surface area contributed by atoms with Crippen LogP contribution >= 0.6 is 0 Å². The number of piperidine rings is 1. The minimum atomic E-state index is -0.363. The van der Waals surface area contributed by atoms with Crippen molar-refractivity contribution in [1.82, 2.24) is 19.8 Å². The van der Waals surface area contributed by atoms with Crippen LogP contribution in [0.2, 0.25) is 0 Å². The van der Waals surface area contributed by atoms with Crippen LogP contribution in [0.25, 0.3) is 17.0 Å². The van der Waals surface area contributed by atoms with Gasteiger partial charge >= 0.3 is 0 Å². The summed E-state index contributed by atoms with van der Waals surface area (Å²) in [4.78, 5) is 2.16. The second kappa shape index (κ2) is 7.70. The van der Waals surface area contributed by atoms with Crippen molar-refractivity contribution in [2.75, 3.05) is 18.0 Å². The maximum absolute atomic E-state index is 14.2. The molecule has 4 aromatic rings. The van der Waals surface area contributed by atoms with Gasteiger partial charge in [-0.05, 0) is 48.5 Å². The first-order valence-corrected chi connectivity index (χ1v) is 9.82. The molecule has 5 rings (SSSR count). The third-order valence-electron chi connectivity index (χ3n) is 5.25. The van der Waals surface area contributed by atoms with Gasteiger partial charge in [0.05, 0.1) is 5.56 Å². The zero-order valence-corrected chi connectivity index (χ0v) is 16.1. The standard InChI is InChI=1S/C22H19F2N5O/c23-15-5-7-16(8-6-15)30-17-11-13-28(14-12-17)21-10-9-20-25-26-22(29(20)27-21)18-3-1-2-4-19(18)24/h1-10,17H,11-14H2. The third-order valence-corrected chi connectivity index (χ3v) is 5.25. The summed E-state index contributed by atoms with van der Waals surface area (Å²) in [5, 5.41) is 12.9. The molecule has 8 heteroatoms. The summed E-state index contributed by atoms with van der Waals surface area (Å²) in [6.45, 7) is 1.53. The first-order chi connectivity index (χ1) is 14.7. The van der Waals surface area contributed by atoms with Crippen LogP contribution in [0.5, 0.6) is 5.75 Å². The number of hydrogen-bond donors (Lipinski definition) is 0. The van der Waals surface area contributed by atoms with Gasteiger partial charge in [0, 0.05) is 25.9 Å². The number of aromatic nitrogens is 4. The van der Waals surface area contributed by atoms with Gasteiger partial charge in [-0.25, -0.2) is 8.78 Å². The fraction of sp³-hybridized carbons (Fsp3) is 0.227. The monoisotopic (exact) mass is 407 g/mol. The van der Waals surface area contributed by atoms with E-state index in [4.69, 9.17) is 4.74 Å². The number of halogens is 2. The predicted molar refractivity (Wildman–Crippen MR) is 108 cm³/mol. The maximum atomic E-state index is 14.2. The molecule has 0 spiro atoms. The molecule has 0 radical (unpaired) electrons. The predicted octanol–water partition coefficient (Wildman–Crippen LogP) is 4.12. The van der Waals surface area contributed by atoms with Gasteiger partial charge in [0.25, 0.3) is 0 Å². The average molecular weight is 407 g/mol. The molecule has 6 nitrogen and oxygen atoms in total. The number of rotatable bonds is 4. The fourth-order valence-electron chi connectivity index (χ4n) is 3.67. The number of ether oxygens (including phenoxy) is 1. The SMILES string of the molecule is Fc1ccc(OC2CCN(c3ccc4nnc(-c5ccccc5F)n4n3)CC2)cc1. The molecule has 1 saturated heterocycles. The van der Waals surface area contributed by atoms with Crippen LogP contribution in [0, 0.1) is 11.6 Å². The lowest BCUT2D eigenvalue weighted by atomic mass is 10.1. The van der Waals surface area contributed by atoms with E-state index in [1.54, 1.807) is 34.8 Å². The summed E-state index contributed by atoms with van der Waals surface area (Å²) >= 11 is 0. The summed E-state index contributed by atoms with van der Waals surface area (Å²) in [5.41, 5.74) is 0.924. The molecule has 0 unspecified atom stereocenters. The van der Waals surface area contributed by atoms with E-state index in [2.05, 4.69) is 20.2 Å². The minimum absolute atomic E-state index is 0.0688. The van der Waals surface area contributed by atoms with Crippen LogP contribution in [0.1, 0.15) is 12.8 Å². The molecule has 3 heterocycles. The summed E-state index contributed by atoms with van der Waals surface area (Å²) in [6, 6.07) is 16.3. The number of benzene rings is 2. The highest BCUT2D eigenvalue weighted by molar-refractivity contribution is 5.60. The van der Waals surface area contributed by atoms with Crippen molar-refractivity contribution in [3.8, 4) is 17.1 Å². The van der Waals surface area contributed by atoms with Crippen LogP contribution in [0.3, 0.4) is 0 Å². The molecule has 2 aromatic heterocycles. The molecule has 0 saturated carbocycles. The van der Waals surface area contributed by atoms with Gasteiger partial charge in [0.1, 0.15) is 29.3 Å². The third kappa shape index (κ3) is 3.56. The van der Waals surface area contributed by atoms with Crippen LogP contribution in [-0.2, 0) is 0 Å². The second-order valence-corrected chi connectivity index (χ2v) is 7.22. The molecule has 0 bridgehead atoms. The molecule has 0 amide bonds. The van der Waals surface area contributed by atoms with Crippen LogP contribution < -0.4 is 9.64 Å². The smallest absolute Gasteiger partial charge is 0.188 e. The van der Waals surface area contributed by atoms with Gasteiger partial charge in [-0.2, -0.15) is 4.52 Å². The van der Waals surface area contributed by atoms with E-state index in [1.165, 1.54) is 18.2 Å². The Morgan fingerprint density at radius 3 is 2.40 bits per heavy atom. The topological polar surface area (TPSA) is 55.5 Å². The van der Waals surface area contributed by atoms with Crippen molar-refractivity contribution in [2.24, 2.45) is 0 Å². The Bertz CT molecular complexity index is 1170. The fourth-order valence-corrected chi connectivity index (χ4v) is 3.67. The minimum Gasteiger partial charge on any atom is -0.490 e. The van der Waals surface area contributed by atoms with Gasteiger partial charge in [-0.1, -0.05) is 12.1 Å². The maximum Gasteiger partial charge on any atom is 0.188 e. The zero-order chi connectivity index (χ0) is 20.5. The highest BCUT2D eigenvalue weighted by Crippen LogP contribution is 2.25. The lowest BCUT2D eigenvalue weighted by molar-refractivity contribution is 0.170. The van der Waals surface area contributed by atoms with Crippen molar-refractivity contribution < 1.29 is 13.5 Å². The Balaban J connectivity index is 1.33. The van der Waals surface area contributed by atoms with Crippen molar-refractivity contribution in [3.05, 3.63) is 72.3 Å². The van der Waals surface area contributed by atoms with Crippen molar-refractivity contribution in [3.63, 3.8) is 0 Å². The molecule has 0 atom stereocenters. The molecule has 30 heavy (non-hydrogen) atoms. The summed E-state index contributed by atoms with van der Waals surface area (Å²) in [5.74, 6) is 1.19. The number of fused-ring (bicyclic) bond motifs is 1. The Labute approximate surface area is 171 Å². The highest BCUT2D eigenvalue weighted by Gasteiger charge is 2.23. The van der Waals surface area contributed by atoms with Crippen molar-refractivity contribution in [2.45, 2.75) is 18.9 Å². The molecule has 1 aliphatic rings. The molecular weight excluding hydrogens is 388 g/mol. The van der Waals surface area contributed by atoms with Crippen LogP contribution in [0.4, 0.5) is 14.6 Å². The van der Waals surface area contributed by atoms with Gasteiger partial charge in [-0.15, -0.1) is 15.3 Å². The van der Waals surface area contributed by atoms with E-state index >= 15 is 0 Å².